The molecule has 0 aromatic heterocycles. The highest BCUT2D eigenvalue weighted by molar-refractivity contribution is 7.89. The van der Waals surface area contributed by atoms with Crippen LogP contribution in [0.2, 0.25) is 0 Å². The van der Waals surface area contributed by atoms with Crippen LogP contribution in [0.25, 0.3) is 5.57 Å². The number of sulfonamides is 1. The zero-order chi connectivity index (χ0) is 33.0. The van der Waals surface area contributed by atoms with E-state index in [0.29, 0.717) is 23.3 Å². The van der Waals surface area contributed by atoms with E-state index in [1.165, 1.54) is 5.57 Å². The van der Waals surface area contributed by atoms with E-state index in [2.05, 4.69) is 58.9 Å². The van der Waals surface area contributed by atoms with Crippen molar-refractivity contribution in [1.29, 1.82) is 0 Å². The number of aromatic carboxylic acids is 1. The molecule has 4 saturated carbocycles. The first-order chi connectivity index (χ1) is 20.8. The molecule has 1 amide bonds. The van der Waals surface area contributed by atoms with Crippen LogP contribution in [-0.2, 0) is 14.8 Å². The van der Waals surface area contributed by atoms with Crippen molar-refractivity contribution in [2.24, 2.45) is 56.7 Å². The maximum atomic E-state index is 13.9. The first-order valence-corrected chi connectivity index (χ1v) is 18.9. The van der Waals surface area contributed by atoms with Gasteiger partial charge in [0.2, 0.25) is 15.9 Å². The summed E-state index contributed by atoms with van der Waals surface area (Å²) in [6.07, 6.45) is 12.4. The van der Waals surface area contributed by atoms with Crippen LogP contribution < -0.4 is 4.72 Å². The third kappa shape index (κ3) is 4.56. The van der Waals surface area contributed by atoms with Crippen LogP contribution in [0.15, 0.2) is 42.5 Å². The molecule has 0 saturated heterocycles. The molecule has 45 heavy (non-hydrogen) atoms. The second kappa shape index (κ2) is 10.3. The zero-order valence-electron chi connectivity index (χ0n) is 28.3. The Bertz CT molecular complexity index is 1570. The van der Waals surface area contributed by atoms with Crippen LogP contribution in [0.3, 0.4) is 0 Å². The molecular formula is C38H53NO5S. The second-order valence-corrected chi connectivity index (χ2v) is 18.7. The van der Waals surface area contributed by atoms with Gasteiger partial charge in [-0.1, -0.05) is 65.0 Å². The Balaban J connectivity index is 1.37. The van der Waals surface area contributed by atoms with Crippen molar-refractivity contribution in [3.05, 3.63) is 53.6 Å². The number of benzene rings is 1. The van der Waals surface area contributed by atoms with Crippen molar-refractivity contribution in [1.82, 2.24) is 4.72 Å². The molecule has 6 rings (SSSR count). The van der Waals surface area contributed by atoms with Crippen molar-refractivity contribution in [2.45, 2.75) is 99.3 Å². The molecule has 5 aliphatic rings. The summed E-state index contributed by atoms with van der Waals surface area (Å²) >= 11 is 0. The number of fused-ring (bicyclic) bond motifs is 7. The summed E-state index contributed by atoms with van der Waals surface area (Å²) < 4.78 is 27.0. The van der Waals surface area contributed by atoms with Crippen molar-refractivity contribution in [2.75, 3.05) is 6.26 Å². The minimum atomic E-state index is -3.65. The van der Waals surface area contributed by atoms with E-state index < -0.39 is 21.4 Å². The van der Waals surface area contributed by atoms with Crippen LogP contribution in [0.1, 0.15) is 115 Å². The molecule has 6 nitrogen and oxygen atoms in total. The summed E-state index contributed by atoms with van der Waals surface area (Å²) in [4.78, 5) is 25.4. The number of carbonyl (C=O) groups excluding carboxylic acids is 1. The lowest BCUT2D eigenvalue weighted by Crippen LogP contribution is -2.66. The summed E-state index contributed by atoms with van der Waals surface area (Å²) in [5, 5.41) is 9.43. The van der Waals surface area contributed by atoms with Gasteiger partial charge in [0.15, 0.2) is 0 Å². The van der Waals surface area contributed by atoms with Gasteiger partial charge >= 0.3 is 5.97 Å². The van der Waals surface area contributed by atoms with E-state index in [1.54, 1.807) is 12.1 Å². The summed E-state index contributed by atoms with van der Waals surface area (Å²) in [6, 6.07) is 7.41. The maximum Gasteiger partial charge on any atom is 0.335 e. The highest BCUT2D eigenvalue weighted by atomic mass is 32.2. The fourth-order valence-corrected chi connectivity index (χ4v) is 13.2. The maximum absolute atomic E-state index is 13.9. The molecule has 9 atom stereocenters. The Labute approximate surface area is 270 Å². The third-order valence-electron chi connectivity index (χ3n) is 14.8. The van der Waals surface area contributed by atoms with Gasteiger partial charge in [0.25, 0.3) is 0 Å². The first-order valence-electron chi connectivity index (χ1n) is 17.0. The van der Waals surface area contributed by atoms with Gasteiger partial charge in [0, 0.05) is 0 Å². The number of carbonyl (C=O) groups is 2. The smallest absolute Gasteiger partial charge is 0.335 e. The fraction of sp³-hybridized carbons (Fsp3) is 0.684. The van der Waals surface area contributed by atoms with Crippen molar-refractivity contribution in [3.63, 3.8) is 0 Å². The first kappa shape index (κ1) is 32.5. The van der Waals surface area contributed by atoms with E-state index in [9.17, 15) is 23.1 Å². The average Bonchev–Trinajstić information content (AvgIpc) is 3.34. The molecule has 0 heterocycles. The largest absolute Gasteiger partial charge is 0.478 e. The number of hydrogen-bond acceptors (Lipinski definition) is 4. The van der Waals surface area contributed by atoms with Crippen LogP contribution >= 0.6 is 0 Å². The highest BCUT2D eigenvalue weighted by Crippen LogP contribution is 2.77. The molecule has 0 spiro atoms. The van der Waals surface area contributed by atoms with E-state index in [1.807, 2.05) is 12.1 Å². The van der Waals surface area contributed by atoms with E-state index in [0.717, 1.165) is 75.2 Å². The van der Waals surface area contributed by atoms with Crippen molar-refractivity contribution < 1.29 is 23.1 Å². The monoisotopic (exact) mass is 635 g/mol. The molecule has 0 aliphatic heterocycles. The normalized spacial score (nSPS) is 41.8. The number of allylic oxidation sites excluding steroid dienone is 3. The topological polar surface area (TPSA) is 101 Å². The van der Waals surface area contributed by atoms with Gasteiger partial charge in [-0.15, -0.1) is 0 Å². The van der Waals surface area contributed by atoms with Gasteiger partial charge in [-0.2, -0.15) is 0 Å². The van der Waals surface area contributed by atoms with Gasteiger partial charge < -0.3 is 5.11 Å². The van der Waals surface area contributed by atoms with Gasteiger partial charge in [0.1, 0.15) is 0 Å². The van der Waals surface area contributed by atoms with Gasteiger partial charge in [-0.3, -0.25) is 9.52 Å². The SMILES string of the molecule is C=C(C)[C@@H]1CC[C@]2(C(=O)NS(C)(=O)=O)CC[C@]3(C)[C@H](CCC4[C@@]5(C)CC=C(c6ccc(C(=O)O)cc6)C(C)(C)C5CC[C@]43C)C12. The predicted octanol–water partition coefficient (Wildman–Crippen LogP) is 8.11. The Kier molecular flexibility index (Phi) is 7.44. The van der Waals surface area contributed by atoms with Gasteiger partial charge in [-0.25, -0.2) is 13.2 Å². The van der Waals surface area contributed by atoms with Crippen LogP contribution in [0.5, 0.6) is 0 Å². The Morgan fingerprint density at radius 1 is 0.889 bits per heavy atom. The molecule has 7 heteroatoms. The van der Waals surface area contributed by atoms with Crippen molar-refractivity contribution in [3.8, 4) is 0 Å². The van der Waals surface area contributed by atoms with Gasteiger partial charge in [-0.05, 0) is 139 Å². The standard InChI is InChI=1S/C38H53NO5S/c1-23(2)26-15-20-38(33(42)39-45(8,43)44)22-21-36(6)28(31(26)38)13-14-30-35(5)18-16-27(24-9-11-25(12-10-24)32(40)41)34(3,4)29(35)17-19-37(30,36)7/h9-12,16,26,28-31H,1,13-15,17-22H2,2-8H3,(H,39,42)(H,40,41)/t26-,28+,29?,30?,31?,35-,36+,37+,38-/m0/s1. The fourth-order valence-electron chi connectivity index (χ4n) is 12.7. The second-order valence-electron chi connectivity index (χ2n) is 17.0. The highest BCUT2D eigenvalue weighted by Gasteiger charge is 2.71. The molecule has 2 N–H and O–H groups in total. The summed E-state index contributed by atoms with van der Waals surface area (Å²) in [5.74, 6) is 0.550. The number of amides is 1. The molecule has 1 aromatic rings. The van der Waals surface area contributed by atoms with Crippen LogP contribution in [0.4, 0.5) is 0 Å². The minimum Gasteiger partial charge on any atom is -0.478 e. The molecule has 1 aromatic carbocycles. The lowest BCUT2D eigenvalue weighted by atomic mass is 9.32. The molecule has 246 valence electrons. The Morgan fingerprint density at radius 2 is 1.56 bits per heavy atom. The average molecular weight is 636 g/mol. The third-order valence-corrected chi connectivity index (χ3v) is 15.4. The molecule has 5 aliphatic carbocycles. The Morgan fingerprint density at radius 3 is 2.16 bits per heavy atom. The number of carboxylic acids is 1. The molecule has 4 fully saturated rings. The van der Waals surface area contributed by atoms with E-state index >= 15 is 0 Å². The lowest BCUT2D eigenvalue weighted by molar-refractivity contribution is -0.224. The number of rotatable bonds is 5. The number of hydrogen-bond donors (Lipinski definition) is 2. The molecular weight excluding hydrogens is 582 g/mol. The lowest BCUT2D eigenvalue weighted by Gasteiger charge is -2.72. The summed E-state index contributed by atoms with van der Waals surface area (Å²) in [6.45, 7) is 18.9. The zero-order valence-corrected chi connectivity index (χ0v) is 29.1. The number of nitrogens with one attached hydrogen (secondary N) is 1. The molecule has 0 bridgehead atoms. The minimum absolute atomic E-state index is 0.0439. The molecule has 0 radical (unpaired) electrons. The van der Waals surface area contributed by atoms with E-state index in [4.69, 9.17) is 0 Å². The summed E-state index contributed by atoms with van der Waals surface area (Å²) in [7, 11) is -3.65. The van der Waals surface area contributed by atoms with Crippen LogP contribution in [-0.4, -0.2) is 31.7 Å². The van der Waals surface area contributed by atoms with Crippen molar-refractivity contribution >= 4 is 27.5 Å². The van der Waals surface area contributed by atoms with E-state index in [-0.39, 0.29) is 39.4 Å². The number of carboxylic acid groups (broad SMARTS) is 1. The van der Waals surface area contributed by atoms with Gasteiger partial charge in [0.05, 0.1) is 17.2 Å². The molecule has 3 unspecified atom stereocenters. The predicted molar refractivity (Wildman–Crippen MR) is 179 cm³/mol. The quantitative estimate of drug-likeness (QED) is 0.319. The van der Waals surface area contributed by atoms with Crippen LogP contribution in [0, 0.1) is 56.7 Å². The summed E-state index contributed by atoms with van der Waals surface area (Å²) in [5.41, 5.74) is 3.47. The Hall–Kier alpha value is -2.41.